The van der Waals surface area contributed by atoms with Crippen molar-refractivity contribution in [1.29, 1.82) is 0 Å². The Labute approximate surface area is 243 Å². The van der Waals surface area contributed by atoms with Crippen molar-refractivity contribution in [2.24, 2.45) is 5.73 Å². The fourth-order valence-electron chi connectivity index (χ4n) is 5.46. The molecule has 4 aromatic rings. The average molecular weight is 576 g/mol. The van der Waals surface area contributed by atoms with E-state index in [1.54, 1.807) is 14.0 Å². The topological polar surface area (TPSA) is 85.7 Å². The Hall–Kier alpha value is -4.28. The molecule has 1 atom stereocenters. The number of halogens is 2. The van der Waals surface area contributed by atoms with Crippen LogP contribution in [0.5, 0.6) is 5.75 Å². The number of hydrogen-bond acceptors (Lipinski definition) is 6. The van der Waals surface area contributed by atoms with Crippen LogP contribution < -0.4 is 26.6 Å². The van der Waals surface area contributed by atoms with Crippen LogP contribution in [0.2, 0.25) is 0 Å². The number of piperazine rings is 1. The number of rotatable bonds is 9. The summed E-state index contributed by atoms with van der Waals surface area (Å²) in [4.78, 5) is 31.9. The molecule has 42 heavy (non-hydrogen) atoms. The fourth-order valence-corrected chi connectivity index (χ4v) is 5.46. The van der Waals surface area contributed by atoms with Crippen molar-refractivity contribution < 1.29 is 13.5 Å². The van der Waals surface area contributed by atoms with E-state index in [0.717, 1.165) is 40.1 Å². The minimum atomic E-state index is -0.756. The first-order valence-electron chi connectivity index (χ1n) is 13.9. The third kappa shape index (κ3) is 6.14. The van der Waals surface area contributed by atoms with Crippen molar-refractivity contribution in [3.05, 3.63) is 128 Å². The molecule has 0 aliphatic carbocycles. The molecule has 220 valence electrons. The summed E-state index contributed by atoms with van der Waals surface area (Å²) in [6.45, 7) is 4.44. The van der Waals surface area contributed by atoms with Crippen molar-refractivity contribution >= 4 is 5.69 Å². The van der Waals surface area contributed by atoms with Gasteiger partial charge in [-0.2, -0.15) is 0 Å². The van der Waals surface area contributed by atoms with Crippen LogP contribution in [0.1, 0.15) is 28.4 Å². The predicted octanol–water partition coefficient (Wildman–Crippen LogP) is 3.68. The van der Waals surface area contributed by atoms with Crippen LogP contribution in [0.3, 0.4) is 0 Å². The van der Waals surface area contributed by atoms with Gasteiger partial charge in [-0.3, -0.25) is 18.8 Å². The number of hydrogen-bond donors (Lipinski definition) is 1. The molecular weight excluding hydrogens is 540 g/mol. The summed E-state index contributed by atoms with van der Waals surface area (Å²) in [5, 5.41) is 0. The third-order valence-corrected chi connectivity index (χ3v) is 7.90. The van der Waals surface area contributed by atoms with E-state index in [4.69, 9.17) is 10.5 Å². The van der Waals surface area contributed by atoms with Gasteiger partial charge >= 0.3 is 5.69 Å². The van der Waals surface area contributed by atoms with Gasteiger partial charge in [0.2, 0.25) is 0 Å². The summed E-state index contributed by atoms with van der Waals surface area (Å²) >= 11 is 0. The van der Waals surface area contributed by atoms with Gasteiger partial charge in [-0.15, -0.1) is 0 Å². The first kappa shape index (κ1) is 29.2. The van der Waals surface area contributed by atoms with Gasteiger partial charge in [0.05, 0.1) is 20.2 Å². The lowest BCUT2D eigenvalue weighted by Crippen LogP contribution is -2.51. The predicted molar refractivity (Wildman–Crippen MR) is 159 cm³/mol. The van der Waals surface area contributed by atoms with Crippen molar-refractivity contribution in [3.63, 3.8) is 0 Å². The third-order valence-electron chi connectivity index (χ3n) is 7.90. The fraction of sp³-hybridized carbons (Fsp3) is 0.312. The first-order chi connectivity index (χ1) is 20.3. The van der Waals surface area contributed by atoms with E-state index in [9.17, 15) is 18.4 Å². The van der Waals surface area contributed by atoms with Crippen molar-refractivity contribution in [2.75, 3.05) is 38.2 Å². The van der Waals surface area contributed by atoms with Gasteiger partial charge in [0, 0.05) is 50.0 Å². The van der Waals surface area contributed by atoms with Crippen LogP contribution in [-0.4, -0.2) is 47.3 Å². The van der Waals surface area contributed by atoms with Crippen molar-refractivity contribution in [2.45, 2.75) is 32.6 Å². The molecule has 1 aliphatic rings. The van der Waals surface area contributed by atoms with Gasteiger partial charge in [0.1, 0.15) is 23.1 Å². The zero-order chi connectivity index (χ0) is 29.8. The van der Waals surface area contributed by atoms with Gasteiger partial charge in [0.25, 0.3) is 5.56 Å². The monoisotopic (exact) mass is 575 g/mol. The molecule has 0 bridgehead atoms. The van der Waals surface area contributed by atoms with Gasteiger partial charge in [-0.05, 0) is 42.3 Å². The molecule has 0 saturated carbocycles. The summed E-state index contributed by atoms with van der Waals surface area (Å²) in [5.74, 6) is -0.713. The number of nitrogens with two attached hydrogens (primary N) is 1. The zero-order valence-corrected chi connectivity index (χ0v) is 23.8. The summed E-state index contributed by atoms with van der Waals surface area (Å²) in [7, 11) is 1.63. The maximum atomic E-state index is 14.7. The molecule has 0 radical (unpaired) electrons. The summed E-state index contributed by atoms with van der Waals surface area (Å²) < 4.78 is 37.0. The van der Waals surface area contributed by atoms with E-state index < -0.39 is 28.9 Å². The average Bonchev–Trinajstić information content (AvgIpc) is 3.00. The molecule has 3 aromatic carbocycles. The highest BCUT2D eigenvalue weighted by molar-refractivity contribution is 5.50. The SMILES string of the molecule is COc1ccc(CN2CCN(c3c(C)n(Cc4c(F)cccc4F)c(=O)n(C[C@@H](N)c4ccccc4)c3=O)CC2)cc1. The molecule has 1 fully saturated rings. The van der Waals surface area contributed by atoms with Crippen LogP contribution in [0.25, 0.3) is 0 Å². The lowest BCUT2D eigenvalue weighted by molar-refractivity contribution is 0.249. The summed E-state index contributed by atoms with van der Waals surface area (Å²) in [6.07, 6.45) is 0. The quantitative estimate of drug-likeness (QED) is 0.328. The molecule has 0 spiro atoms. The largest absolute Gasteiger partial charge is 0.497 e. The van der Waals surface area contributed by atoms with Gasteiger partial charge in [0.15, 0.2) is 0 Å². The van der Waals surface area contributed by atoms with Crippen molar-refractivity contribution in [1.82, 2.24) is 14.0 Å². The van der Waals surface area contributed by atoms with E-state index in [0.29, 0.717) is 37.6 Å². The molecule has 0 amide bonds. The Bertz CT molecular complexity index is 1630. The molecule has 10 heteroatoms. The van der Waals surface area contributed by atoms with E-state index in [-0.39, 0.29) is 18.7 Å². The minimum Gasteiger partial charge on any atom is -0.497 e. The molecule has 1 saturated heterocycles. The van der Waals surface area contributed by atoms with E-state index in [1.807, 2.05) is 59.5 Å². The lowest BCUT2D eigenvalue weighted by Gasteiger charge is -2.37. The first-order valence-corrected chi connectivity index (χ1v) is 13.9. The Morgan fingerprint density at radius 3 is 2.10 bits per heavy atom. The minimum absolute atomic E-state index is 0.0772. The van der Waals surface area contributed by atoms with Crippen LogP contribution in [0.4, 0.5) is 14.5 Å². The second kappa shape index (κ2) is 12.7. The van der Waals surface area contributed by atoms with Gasteiger partial charge < -0.3 is 15.4 Å². The Morgan fingerprint density at radius 2 is 1.48 bits per heavy atom. The maximum absolute atomic E-state index is 14.7. The maximum Gasteiger partial charge on any atom is 0.331 e. The number of ether oxygens (including phenoxy) is 1. The van der Waals surface area contributed by atoms with E-state index >= 15 is 0 Å². The summed E-state index contributed by atoms with van der Waals surface area (Å²) in [5.41, 5.74) is 7.70. The van der Waals surface area contributed by atoms with E-state index in [1.165, 1.54) is 10.6 Å². The molecule has 5 rings (SSSR count). The highest BCUT2D eigenvalue weighted by atomic mass is 19.1. The molecule has 2 heterocycles. The number of anilines is 1. The Kier molecular flexibility index (Phi) is 8.84. The van der Waals surface area contributed by atoms with E-state index in [2.05, 4.69) is 4.90 Å². The smallest absolute Gasteiger partial charge is 0.331 e. The highest BCUT2D eigenvalue weighted by Gasteiger charge is 2.26. The van der Waals surface area contributed by atoms with Crippen molar-refractivity contribution in [3.8, 4) is 5.75 Å². The molecule has 8 nitrogen and oxygen atoms in total. The number of benzene rings is 3. The Morgan fingerprint density at radius 1 is 0.833 bits per heavy atom. The number of nitrogens with zero attached hydrogens (tertiary/aromatic N) is 4. The second-order valence-electron chi connectivity index (χ2n) is 10.5. The normalized spacial score (nSPS) is 14.6. The Balaban J connectivity index is 1.47. The zero-order valence-electron chi connectivity index (χ0n) is 23.8. The standard InChI is InChI=1S/C32H35F2N5O3/c1-22-30(37-17-15-36(16-18-37)19-23-11-13-25(42-2)14-12-23)31(40)39(21-29(35)24-7-4-3-5-8-24)32(41)38(22)20-26-27(33)9-6-10-28(26)34/h3-14,29H,15-21,35H2,1-2H3/t29-/m1/s1. The molecule has 2 N–H and O–H groups in total. The molecule has 0 unspecified atom stereocenters. The van der Waals surface area contributed by atoms with Crippen LogP contribution in [0.15, 0.2) is 82.4 Å². The number of methoxy groups -OCH3 is 1. The van der Waals surface area contributed by atoms with Gasteiger partial charge in [-0.1, -0.05) is 48.5 Å². The van der Waals surface area contributed by atoms with Crippen LogP contribution in [0, 0.1) is 18.6 Å². The molecular formula is C32H35F2N5O3. The molecule has 1 aromatic heterocycles. The second-order valence-corrected chi connectivity index (χ2v) is 10.5. The highest BCUT2D eigenvalue weighted by Crippen LogP contribution is 2.21. The summed E-state index contributed by atoms with van der Waals surface area (Å²) in [6, 6.07) is 20.1. The molecule has 1 aliphatic heterocycles. The lowest BCUT2D eigenvalue weighted by atomic mass is 10.1. The number of aromatic nitrogens is 2. The van der Waals surface area contributed by atoms with Gasteiger partial charge in [-0.25, -0.2) is 13.6 Å². The van der Waals surface area contributed by atoms with Crippen LogP contribution in [-0.2, 0) is 19.6 Å². The van der Waals surface area contributed by atoms with Crippen LogP contribution >= 0.6 is 0 Å².